The first-order valence-corrected chi connectivity index (χ1v) is 10.9. The summed E-state index contributed by atoms with van der Waals surface area (Å²) in [6.07, 6.45) is -0.948. The Labute approximate surface area is 195 Å². The average Bonchev–Trinajstić information content (AvgIpc) is 3.40. The lowest BCUT2D eigenvalue weighted by Gasteiger charge is -2.11. The molecule has 0 atom stereocenters. The van der Waals surface area contributed by atoms with Crippen LogP contribution in [0.4, 0.5) is 28.8 Å². The molecule has 0 spiro atoms. The van der Waals surface area contributed by atoms with Crippen molar-refractivity contribution in [2.75, 3.05) is 17.6 Å². The van der Waals surface area contributed by atoms with Gasteiger partial charge in [0, 0.05) is 29.4 Å². The first-order valence-electron chi connectivity index (χ1n) is 9.99. The summed E-state index contributed by atoms with van der Waals surface area (Å²) in [5, 5.41) is 6.50. The van der Waals surface area contributed by atoms with E-state index in [2.05, 4.69) is 20.8 Å². The van der Waals surface area contributed by atoms with Crippen molar-refractivity contribution >= 4 is 33.8 Å². The number of carbonyl (C=O) groups excluding carboxylic acids is 1. The zero-order chi connectivity index (χ0) is 24.1. The van der Waals surface area contributed by atoms with E-state index < -0.39 is 18.8 Å². The SMILES string of the molecule is Nc1nc(CONCc2ccn3c(-c4cccc(NC(=O)NCC(F)(F)F)c4)cnc3c2)cs1. The van der Waals surface area contributed by atoms with Gasteiger partial charge in [-0.05, 0) is 29.8 Å². The number of nitrogens with one attached hydrogen (secondary N) is 3. The second kappa shape index (κ2) is 10.1. The molecule has 0 aliphatic heterocycles. The number of hydroxylamine groups is 1. The number of aromatic nitrogens is 3. The molecule has 0 aliphatic carbocycles. The fourth-order valence-corrected chi connectivity index (χ4v) is 3.65. The summed E-state index contributed by atoms with van der Waals surface area (Å²) < 4.78 is 38.7. The number of nitrogens with zero attached hydrogens (tertiary/aromatic N) is 3. The molecule has 1 aromatic carbocycles. The normalized spacial score (nSPS) is 11.6. The van der Waals surface area contributed by atoms with Crippen molar-refractivity contribution in [2.24, 2.45) is 0 Å². The first-order chi connectivity index (χ1) is 16.3. The Hall–Kier alpha value is -3.68. The number of thiazole rings is 1. The van der Waals surface area contributed by atoms with Crippen molar-refractivity contribution in [3.63, 3.8) is 0 Å². The quantitative estimate of drug-likeness (QED) is 0.219. The number of imidazole rings is 1. The molecular formula is C21H20F3N7O2S. The predicted molar refractivity (Wildman–Crippen MR) is 122 cm³/mol. The van der Waals surface area contributed by atoms with Crippen LogP contribution in [0.2, 0.25) is 0 Å². The van der Waals surface area contributed by atoms with Gasteiger partial charge in [0.05, 0.1) is 17.6 Å². The lowest BCUT2D eigenvalue weighted by molar-refractivity contribution is -0.122. The first kappa shape index (κ1) is 23.5. The molecule has 178 valence electrons. The average molecular weight is 491 g/mol. The number of pyridine rings is 1. The van der Waals surface area contributed by atoms with Gasteiger partial charge in [0.1, 0.15) is 18.8 Å². The number of hydrogen-bond donors (Lipinski definition) is 4. The van der Waals surface area contributed by atoms with Crippen LogP contribution < -0.4 is 21.8 Å². The fourth-order valence-electron chi connectivity index (χ4n) is 3.11. The van der Waals surface area contributed by atoms with Gasteiger partial charge in [-0.1, -0.05) is 12.1 Å². The lowest BCUT2D eigenvalue weighted by Crippen LogP contribution is -2.36. The summed E-state index contributed by atoms with van der Waals surface area (Å²) in [7, 11) is 0. The number of hydrogen-bond acceptors (Lipinski definition) is 7. The Bertz CT molecular complexity index is 1290. The van der Waals surface area contributed by atoms with Crippen LogP contribution in [0.3, 0.4) is 0 Å². The Kier molecular flexibility index (Phi) is 6.95. The molecule has 3 heterocycles. The molecule has 5 N–H and O–H groups in total. The van der Waals surface area contributed by atoms with E-state index >= 15 is 0 Å². The molecule has 9 nitrogen and oxygen atoms in total. The van der Waals surface area contributed by atoms with Gasteiger partial charge in [-0.25, -0.2) is 14.8 Å². The largest absolute Gasteiger partial charge is 0.405 e. The second-order valence-corrected chi connectivity index (χ2v) is 8.09. The van der Waals surface area contributed by atoms with Crippen molar-refractivity contribution in [3.8, 4) is 11.3 Å². The fraction of sp³-hybridized carbons (Fsp3) is 0.190. The number of halogens is 3. The second-order valence-electron chi connectivity index (χ2n) is 7.20. The number of anilines is 2. The van der Waals surface area contributed by atoms with Crippen LogP contribution in [0.15, 0.2) is 54.2 Å². The maximum absolute atomic E-state index is 12.3. The molecule has 0 unspecified atom stereocenters. The molecule has 0 aliphatic rings. The lowest BCUT2D eigenvalue weighted by atomic mass is 10.1. The standard InChI is InChI=1S/C21H20F3N7O2S/c22-21(23,24)12-27-20(32)30-15-3-1-2-14(7-15)17-9-26-18-6-13(4-5-31(17)18)8-28-33-10-16-11-34-19(25)29-16/h1-7,9,11,28H,8,10,12H2,(H2,25,29)(H2,27,30,32). The number of nitrogen functional groups attached to an aromatic ring is 1. The van der Waals surface area contributed by atoms with Crippen LogP contribution in [0.25, 0.3) is 16.9 Å². The van der Waals surface area contributed by atoms with E-state index in [9.17, 15) is 18.0 Å². The Morgan fingerprint density at radius 2 is 2.09 bits per heavy atom. The van der Waals surface area contributed by atoms with Gasteiger partial charge in [-0.2, -0.15) is 18.7 Å². The molecule has 13 heteroatoms. The maximum atomic E-state index is 12.3. The highest BCUT2D eigenvalue weighted by Crippen LogP contribution is 2.24. The maximum Gasteiger partial charge on any atom is 0.405 e. The Morgan fingerprint density at radius 1 is 1.24 bits per heavy atom. The summed E-state index contributed by atoms with van der Waals surface area (Å²) in [4.78, 5) is 25.7. The molecule has 0 fully saturated rings. The molecule has 2 amide bonds. The molecule has 34 heavy (non-hydrogen) atoms. The van der Waals surface area contributed by atoms with Gasteiger partial charge in [0.25, 0.3) is 0 Å². The number of amides is 2. The molecule has 0 saturated heterocycles. The number of urea groups is 1. The predicted octanol–water partition coefficient (Wildman–Crippen LogP) is 3.95. The van der Waals surface area contributed by atoms with Crippen molar-refractivity contribution in [1.29, 1.82) is 0 Å². The third-order valence-corrected chi connectivity index (χ3v) is 5.33. The van der Waals surface area contributed by atoms with Crippen molar-refractivity contribution in [1.82, 2.24) is 25.2 Å². The van der Waals surface area contributed by atoms with Crippen LogP contribution in [-0.4, -0.2) is 33.1 Å². The van der Waals surface area contributed by atoms with Gasteiger partial charge < -0.3 is 16.4 Å². The molecular weight excluding hydrogens is 471 g/mol. The molecule has 3 aromatic heterocycles. The van der Waals surface area contributed by atoms with E-state index in [0.29, 0.717) is 29.6 Å². The minimum atomic E-state index is -4.48. The van der Waals surface area contributed by atoms with E-state index in [-0.39, 0.29) is 0 Å². The highest BCUT2D eigenvalue weighted by molar-refractivity contribution is 7.13. The molecule has 4 aromatic rings. The van der Waals surface area contributed by atoms with Crippen LogP contribution in [-0.2, 0) is 18.0 Å². The van der Waals surface area contributed by atoms with Crippen LogP contribution in [0, 0.1) is 0 Å². The van der Waals surface area contributed by atoms with Crippen LogP contribution >= 0.6 is 11.3 Å². The van der Waals surface area contributed by atoms with Gasteiger partial charge in [-0.3, -0.25) is 9.24 Å². The van der Waals surface area contributed by atoms with Crippen molar-refractivity contribution in [2.45, 2.75) is 19.3 Å². The van der Waals surface area contributed by atoms with Gasteiger partial charge in [-0.15, -0.1) is 11.3 Å². The summed E-state index contributed by atoms with van der Waals surface area (Å²) >= 11 is 1.35. The van der Waals surface area contributed by atoms with Crippen molar-refractivity contribution in [3.05, 3.63) is 65.4 Å². The third-order valence-electron chi connectivity index (χ3n) is 4.61. The minimum absolute atomic E-state index is 0.294. The third kappa shape index (κ3) is 6.21. The highest BCUT2D eigenvalue weighted by atomic mass is 32.1. The van der Waals surface area contributed by atoms with Crippen LogP contribution in [0.5, 0.6) is 0 Å². The summed E-state index contributed by atoms with van der Waals surface area (Å²) in [6.45, 7) is -0.666. The van der Waals surface area contributed by atoms with Gasteiger partial charge in [0.15, 0.2) is 5.13 Å². The van der Waals surface area contributed by atoms with E-state index in [4.69, 9.17) is 10.6 Å². The Balaban J connectivity index is 1.38. The number of alkyl halides is 3. The zero-order valence-corrected chi connectivity index (χ0v) is 18.4. The topological polar surface area (TPSA) is 119 Å². The monoisotopic (exact) mass is 491 g/mol. The van der Waals surface area contributed by atoms with E-state index in [1.54, 1.807) is 29.7 Å². The summed E-state index contributed by atoms with van der Waals surface area (Å²) in [5.74, 6) is 0. The van der Waals surface area contributed by atoms with E-state index in [1.807, 2.05) is 34.2 Å². The number of rotatable bonds is 8. The smallest absolute Gasteiger partial charge is 0.375 e. The summed E-state index contributed by atoms with van der Waals surface area (Å²) in [6, 6.07) is 9.62. The van der Waals surface area contributed by atoms with E-state index in [1.165, 1.54) is 11.3 Å². The van der Waals surface area contributed by atoms with E-state index in [0.717, 1.165) is 22.5 Å². The van der Waals surface area contributed by atoms with Crippen LogP contribution in [0.1, 0.15) is 11.3 Å². The number of benzene rings is 1. The molecule has 4 rings (SSSR count). The number of fused-ring (bicyclic) bond motifs is 1. The summed E-state index contributed by atoms with van der Waals surface area (Å²) in [5.41, 5.74) is 12.7. The zero-order valence-electron chi connectivity index (χ0n) is 17.6. The number of nitrogens with two attached hydrogens (primary N) is 1. The minimum Gasteiger partial charge on any atom is -0.375 e. The van der Waals surface area contributed by atoms with Gasteiger partial charge in [0.2, 0.25) is 0 Å². The molecule has 0 saturated carbocycles. The number of carbonyl (C=O) groups is 1. The van der Waals surface area contributed by atoms with Gasteiger partial charge >= 0.3 is 12.2 Å². The van der Waals surface area contributed by atoms with Crippen molar-refractivity contribution < 1.29 is 22.8 Å². The Morgan fingerprint density at radius 3 is 2.85 bits per heavy atom. The molecule has 0 radical (unpaired) electrons. The highest BCUT2D eigenvalue weighted by Gasteiger charge is 2.27. The molecule has 0 bridgehead atoms.